The fraction of sp³-hybridized carbons (Fsp3) is 0.364. The molecule has 0 radical (unpaired) electrons. The summed E-state index contributed by atoms with van der Waals surface area (Å²) in [5, 5.41) is 33.9. The lowest BCUT2D eigenvalue weighted by Gasteiger charge is -2.26. The molecule has 10 nitrogen and oxygen atoms in total. The quantitative estimate of drug-likeness (QED) is 0.474. The van der Waals surface area contributed by atoms with E-state index >= 15 is 0 Å². The first-order chi connectivity index (χ1) is 9.77. The molecule has 1 heterocycles. The predicted octanol–water partition coefficient (Wildman–Crippen LogP) is 0.836. The van der Waals surface area contributed by atoms with Crippen LogP contribution in [0.3, 0.4) is 0 Å². The minimum atomic E-state index is -1.12. The summed E-state index contributed by atoms with van der Waals surface area (Å²) in [6.07, 6.45) is 0. The van der Waals surface area contributed by atoms with E-state index in [-0.39, 0.29) is 17.9 Å². The molecule has 1 atom stereocenters. The summed E-state index contributed by atoms with van der Waals surface area (Å²) in [7, 11) is 0. The number of rotatable bonds is 3. The topological polar surface area (TPSA) is 145 Å². The molecule has 0 saturated heterocycles. The number of nitrogens with zero attached hydrogens (tertiary/aromatic N) is 2. The molecule has 1 aliphatic rings. The summed E-state index contributed by atoms with van der Waals surface area (Å²) >= 11 is 0. The van der Waals surface area contributed by atoms with Crippen LogP contribution in [0.5, 0.6) is 0 Å². The van der Waals surface area contributed by atoms with E-state index in [2.05, 4.69) is 5.32 Å². The van der Waals surface area contributed by atoms with E-state index in [0.29, 0.717) is 0 Å². The fourth-order valence-electron chi connectivity index (χ4n) is 1.88. The Balaban J connectivity index is 2.71. The molecule has 0 amide bonds. The lowest BCUT2D eigenvalue weighted by atomic mass is 10.0. The van der Waals surface area contributed by atoms with Crippen molar-refractivity contribution in [3.8, 4) is 0 Å². The SMILES string of the molecule is CC1(CO)COC(=O)c2cc([N+](=O)[O-])cc([N+](=O)[O-])c2N1. The third-order valence-electron chi connectivity index (χ3n) is 3.03. The van der Waals surface area contributed by atoms with Gasteiger partial charge in [0.1, 0.15) is 12.3 Å². The summed E-state index contributed by atoms with van der Waals surface area (Å²) in [5.41, 5.74) is -2.86. The molecule has 112 valence electrons. The number of carbonyl (C=O) groups is 1. The molecule has 1 aliphatic heterocycles. The van der Waals surface area contributed by atoms with Gasteiger partial charge < -0.3 is 15.2 Å². The third kappa shape index (κ3) is 2.60. The minimum absolute atomic E-state index is 0.204. The van der Waals surface area contributed by atoms with Crippen molar-refractivity contribution in [2.75, 3.05) is 18.5 Å². The van der Waals surface area contributed by atoms with Crippen LogP contribution in [0.25, 0.3) is 0 Å². The summed E-state index contributed by atoms with van der Waals surface area (Å²) in [4.78, 5) is 32.1. The number of fused-ring (bicyclic) bond motifs is 1. The van der Waals surface area contributed by atoms with E-state index in [1.54, 1.807) is 0 Å². The molecule has 21 heavy (non-hydrogen) atoms. The maximum Gasteiger partial charge on any atom is 0.340 e. The van der Waals surface area contributed by atoms with Gasteiger partial charge in [-0.3, -0.25) is 20.2 Å². The van der Waals surface area contributed by atoms with E-state index < -0.39 is 39.3 Å². The standard InChI is InChI=1S/C11H11N3O7/c1-11(4-15)5-21-10(16)7-2-6(13(17)18)3-8(14(19)20)9(7)12-11/h2-3,12,15H,4-5H2,1H3. The number of cyclic esters (lactones) is 1. The zero-order chi connectivity index (χ0) is 15.8. The second-order valence-electron chi connectivity index (χ2n) is 4.82. The summed E-state index contributed by atoms with van der Waals surface area (Å²) in [6, 6.07) is 1.66. The van der Waals surface area contributed by atoms with Crippen molar-refractivity contribution in [1.82, 2.24) is 0 Å². The maximum absolute atomic E-state index is 11.9. The van der Waals surface area contributed by atoms with Crippen molar-refractivity contribution in [2.24, 2.45) is 0 Å². The Morgan fingerprint density at radius 1 is 1.38 bits per heavy atom. The van der Waals surface area contributed by atoms with Gasteiger partial charge in [-0.1, -0.05) is 0 Å². The molecule has 0 aromatic heterocycles. The van der Waals surface area contributed by atoms with Crippen molar-refractivity contribution >= 4 is 23.0 Å². The van der Waals surface area contributed by atoms with Gasteiger partial charge in [-0.2, -0.15) is 0 Å². The Labute approximate surface area is 117 Å². The number of hydrogen-bond donors (Lipinski definition) is 2. The highest BCUT2D eigenvalue weighted by Gasteiger charge is 2.37. The number of carbonyl (C=O) groups excluding carboxylic acids is 1. The van der Waals surface area contributed by atoms with Crippen LogP contribution in [-0.2, 0) is 4.74 Å². The van der Waals surface area contributed by atoms with Gasteiger partial charge in [0.05, 0.1) is 33.6 Å². The zero-order valence-electron chi connectivity index (χ0n) is 10.9. The first-order valence-corrected chi connectivity index (χ1v) is 5.80. The minimum Gasteiger partial charge on any atom is -0.459 e. The molecule has 1 unspecified atom stereocenters. The van der Waals surface area contributed by atoms with E-state index in [4.69, 9.17) is 4.74 Å². The number of aliphatic hydroxyl groups excluding tert-OH is 1. The van der Waals surface area contributed by atoms with Gasteiger partial charge in [-0.05, 0) is 6.92 Å². The van der Waals surface area contributed by atoms with Gasteiger partial charge in [0, 0.05) is 6.07 Å². The predicted molar refractivity (Wildman–Crippen MR) is 69.1 cm³/mol. The first kappa shape index (κ1) is 14.7. The molecule has 1 aromatic carbocycles. The molecule has 0 bridgehead atoms. The molecule has 0 aliphatic carbocycles. The average Bonchev–Trinajstić information content (AvgIpc) is 2.56. The van der Waals surface area contributed by atoms with Crippen molar-refractivity contribution in [3.63, 3.8) is 0 Å². The summed E-state index contributed by atoms with van der Waals surface area (Å²) in [5.74, 6) is -0.929. The number of hydrogen-bond acceptors (Lipinski definition) is 8. The maximum atomic E-state index is 11.9. The molecule has 2 N–H and O–H groups in total. The number of nitrogens with one attached hydrogen (secondary N) is 1. The number of anilines is 1. The van der Waals surface area contributed by atoms with Gasteiger partial charge in [-0.15, -0.1) is 0 Å². The van der Waals surface area contributed by atoms with Crippen LogP contribution in [0.15, 0.2) is 12.1 Å². The van der Waals surface area contributed by atoms with E-state index in [1.165, 1.54) is 6.92 Å². The van der Waals surface area contributed by atoms with Gasteiger partial charge >= 0.3 is 5.97 Å². The lowest BCUT2D eigenvalue weighted by Crippen LogP contribution is -2.42. The Morgan fingerprint density at radius 3 is 2.57 bits per heavy atom. The van der Waals surface area contributed by atoms with E-state index in [9.17, 15) is 30.1 Å². The monoisotopic (exact) mass is 297 g/mol. The molecule has 0 fully saturated rings. The zero-order valence-corrected chi connectivity index (χ0v) is 10.9. The number of nitro benzene ring substituents is 2. The molecular weight excluding hydrogens is 286 g/mol. The highest BCUT2D eigenvalue weighted by molar-refractivity contribution is 6.00. The van der Waals surface area contributed by atoms with Crippen molar-refractivity contribution in [1.29, 1.82) is 0 Å². The Hall–Kier alpha value is -2.75. The van der Waals surface area contributed by atoms with Gasteiger partial charge in [0.15, 0.2) is 0 Å². The van der Waals surface area contributed by atoms with Crippen LogP contribution in [0.2, 0.25) is 0 Å². The van der Waals surface area contributed by atoms with Gasteiger partial charge in [0.2, 0.25) is 0 Å². The molecule has 0 saturated carbocycles. The molecule has 1 aromatic rings. The Bertz CT molecular complexity index is 645. The van der Waals surface area contributed by atoms with Gasteiger partial charge in [-0.25, -0.2) is 4.79 Å². The van der Waals surface area contributed by atoms with Crippen LogP contribution in [0.4, 0.5) is 17.1 Å². The Morgan fingerprint density at radius 2 is 2.05 bits per heavy atom. The lowest BCUT2D eigenvalue weighted by molar-refractivity contribution is -0.393. The van der Waals surface area contributed by atoms with Crippen LogP contribution in [-0.4, -0.2) is 39.7 Å². The first-order valence-electron chi connectivity index (χ1n) is 5.80. The van der Waals surface area contributed by atoms with Crippen LogP contribution in [0.1, 0.15) is 17.3 Å². The average molecular weight is 297 g/mol. The van der Waals surface area contributed by atoms with Crippen LogP contribution in [0, 0.1) is 20.2 Å². The second-order valence-corrected chi connectivity index (χ2v) is 4.82. The highest BCUT2D eigenvalue weighted by Crippen LogP contribution is 2.37. The second kappa shape index (κ2) is 4.98. The van der Waals surface area contributed by atoms with Crippen molar-refractivity contribution in [3.05, 3.63) is 37.9 Å². The molecular formula is C11H11N3O7. The summed E-state index contributed by atoms with van der Waals surface area (Å²) in [6.45, 7) is 0.816. The largest absolute Gasteiger partial charge is 0.459 e. The number of benzene rings is 1. The van der Waals surface area contributed by atoms with E-state index in [1.807, 2.05) is 0 Å². The van der Waals surface area contributed by atoms with Crippen LogP contribution < -0.4 is 5.32 Å². The third-order valence-corrected chi connectivity index (χ3v) is 3.03. The fourth-order valence-corrected chi connectivity index (χ4v) is 1.88. The number of aliphatic hydroxyl groups is 1. The molecule has 0 spiro atoms. The Kier molecular flexibility index (Phi) is 3.47. The van der Waals surface area contributed by atoms with Crippen molar-refractivity contribution < 1.29 is 24.5 Å². The summed E-state index contributed by atoms with van der Waals surface area (Å²) < 4.78 is 4.90. The van der Waals surface area contributed by atoms with Crippen molar-refractivity contribution in [2.45, 2.75) is 12.5 Å². The number of non-ortho nitro benzene ring substituents is 1. The number of nitro groups is 2. The number of esters is 1. The normalized spacial score (nSPS) is 20.8. The smallest absolute Gasteiger partial charge is 0.340 e. The molecule has 10 heteroatoms. The van der Waals surface area contributed by atoms with Gasteiger partial charge in [0.25, 0.3) is 11.4 Å². The number of ether oxygens (including phenoxy) is 1. The van der Waals surface area contributed by atoms with Crippen LogP contribution >= 0.6 is 0 Å². The molecule has 2 rings (SSSR count). The van der Waals surface area contributed by atoms with E-state index in [0.717, 1.165) is 12.1 Å². The highest BCUT2D eigenvalue weighted by atomic mass is 16.6.